The fourth-order valence-electron chi connectivity index (χ4n) is 3.19. The highest BCUT2D eigenvalue weighted by Gasteiger charge is 2.28. The summed E-state index contributed by atoms with van der Waals surface area (Å²) in [5.74, 6) is 0.888. The summed E-state index contributed by atoms with van der Waals surface area (Å²) in [4.78, 5) is 13.6. The Balaban J connectivity index is 1.86. The summed E-state index contributed by atoms with van der Waals surface area (Å²) in [7, 11) is 2.98. The van der Waals surface area contributed by atoms with Crippen LogP contribution in [0.25, 0.3) is 0 Å². The van der Waals surface area contributed by atoms with Gasteiger partial charge in [-0.3, -0.25) is 0 Å². The Morgan fingerprint density at radius 1 is 1.33 bits per heavy atom. The first-order valence-electron chi connectivity index (χ1n) is 8.57. The molecule has 0 bridgehead atoms. The molecule has 144 valence electrons. The number of carbonyl (C=O) groups is 1. The zero-order valence-electron chi connectivity index (χ0n) is 15.3. The lowest BCUT2D eigenvalue weighted by Crippen LogP contribution is -2.20. The third-order valence-electron chi connectivity index (χ3n) is 4.54. The largest absolute Gasteiger partial charge is 0.495 e. The molecule has 1 aromatic heterocycles. The van der Waals surface area contributed by atoms with E-state index in [1.54, 1.807) is 36.6 Å². The Morgan fingerprint density at radius 3 is 2.81 bits per heavy atom. The molecule has 27 heavy (non-hydrogen) atoms. The minimum absolute atomic E-state index is 0.340. The standard InChI is InChI=1S/C19H21ClN2O3S2/c1-10-4-6-12-15(8-10)27-17(16(12)18(23)25-3)22-19(26)21-13-9-11(20)5-7-14(13)24-2/h5,7,9-10H,4,6,8H2,1-3H3,(H2,21,22,26). The Morgan fingerprint density at radius 2 is 2.11 bits per heavy atom. The van der Waals surface area contributed by atoms with Crippen LogP contribution in [0.5, 0.6) is 5.75 Å². The van der Waals surface area contributed by atoms with Gasteiger partial charge in [0, 0.05) is 9.90 Å². The number of fused-ring (bicyclic) bond motifs is 1. The molecular formula is C19H21ClN2O3S2. The first kappa shape index (κ1) is 19.9. The molecule has 0 aliphatic heterocycles. The smallest absolute Gasteiger partial charge is 0.341 e. The summed E-state index contributed by atoms with van der Waals surface area (Å²) < 4.78 is 10.3. The molecule has 1 atom stereocenters. The van der Waals surface area contributed by atoms with Gasteiger partial charge in [-0.2, -0.15) is 0 Å². The molecule has 1 heterocycles. The highest BCUT2D eigenvalue weighted by Crippen LogP contribution is 2.40. The van der Waals surface area contributed by atoms with E-state index in [9.17, 15) is 4.79 Å². The minimum Gasteiger partial charge on any atom is -0.495 e. The van der Waals surface area contributed by atoms with Crippen LogP contribution in [0, 0.1) is 5.92 Å². The second-order valence-electron chi connectivity index (χ2n) is 6.47. The third kappa shape index (κ3) is 4.36. The van der Waals surface area contributed by atoms with E-state index in [1.807, 2.05) is 0 Å². The van der Waals surface area contributed by atoms with Crippen LogP contribution in [0.1, 0.15) is 34.1 Å². The normalized spacial score (nSPS) is 15.6. The van der Waals surface area contributed by atoms with Crippen molar-refractivity contribution < 1.29 is 14.3 Å². The predicted molar refractivity (Wildman–Crippen MR) is 115 cm³/mol. The number of esters is 1. The molecule has 1 aliphatic rings. The molecule has 0 fully saturated rings. The van der Waals surface area contributed by atoms with E-state index >= 15 is 0 Å². The average molecular weight is 425 g/mol. The van der Waals surface area contributed by atoms with Gasteiger partial charge in [0.15, 0.2) is 5.11 Å². The number of hydrogen-bond acceptors (Lipinski definition) is 5. The maximum Gasteiger partial charge on any atom is 0.341 e. The van der Waals surface area contributed by atoms with Gasteiger partial charge in [-0.1, -0.05) is 18.5 Å². The average Bonchev–Trinajstić information content (AvgIpc) is 2.97. The van der Waals surface area contributed by atoms with Gasteiger partial charge >= 0.3 is 5.97 Å². The van der Waals surface area contributed by atoms with Crippen molar-refractivity contribution >= 4 is 56.9 Å². The minimum atomic E-state index is -0.340. The molecule has 1 unspecified atom stereocenters. The summed E-state index contributed by atoms with van der Waals surface area (Å²) in [5, 5.41) is 7.87. The Bertz CT molecular complexity index is 882. The Labute approximate surface area is 173 Å². The highest BCUT2D eigenvalue weighted by molar-refractivity contribution is 7.80. The van der Waals surface area contributed by atoms with E-state index in [0.29, 0.717) is 38.1 Å². The van der Waals surface area contributed by atoms with Crippen molar-refractivity contribution in [3.05, 3.63) is 39.2 Å². The van der Waals surface area contributed by atoms with Crippen LogP contribution in [-0.4, -0.2) is 25.3 Å². The van der Waals surface area contributed by atoms with Gasteiger partial charge in [0.05, 0.1) is 25.5 Å². The van der Waals surface area contributed by atoms with Crippen LogP contribution in [0.2, 0.25) is 5.02 Å². The van der Waals surface area contributed by atoms with E-state index in [2.05, 4.69) is 17.6 Å². The van der Waals surface area contributed by atoms with E-state index < -0.39 is 0 Å². The van der Waals surface area contributed by atoms with Crippen molar-refractivity contribution in [3.63, 3.8) is 0 Å². The maximum atomic E-state index is 12.4. The number of benzene rings is 1. The summed E-state index contributed by atoms with van der Waals surface area (Å²) in [5.41, 5.74) is 2.32. The van der Waals surface area contributed by atoms with Crippen LogP contribution in [0.4, 0.5) is 10.7 Å². The van der Waals surface area contributed by atoms with Crippen LogP contribution in [0.15, 0.2) is 18.2 Å². The second-order valence-corrected chi connectivity index (χ2v) is 8.42. The fraction of sp³-hybridized carbons (Fsp3) is 0.368. The zero-order chi connectivity index (χ0) is 19.6. The molecule has 1 aromatic carbocycles. The summed E-state index contributed by atoms with van der Waals surface area (Å²) >= 11 is 13.1. The van der Waals surface area contributed by atoms with Crippen LogP contribution >= 0.6 is 35.2 Å². The molecule has 0 spiro atoms. The van der Waals surface area contributed by atoms with Gasteiger partial charge in [-0.15, -0.1) is 11.3 Å². The number of thiocarbonyl (C=S) groups is 1. The van der Waals surface area contributed by atoms with Gasteiger partial charge in [0.1, 0.15) is 10.8 Å². The lowest BCUT2D eigenvalue weighted by Gasteiger charge is -2.18. The molecule has 5 nitrogen and oxygen atoms in total. The van der Waals surface area contributed by atoms with Gasteiger partial charge in [0.25, 0.3) is 0 Å². The second kappa shape index (κ2) is 8.46. The van der Waals surface area contributed by atoms with Crippen LogP contribution in [-0.2, 0) is 17.6 Å². The van der Waals surface area contributed by atoms with Crippen molar-refractivity contribution in [2.24, 2.45) is 5.92 Å². The number of ether oxygens (including phenoxy) is 2. The molecule has 0 radical (unpaired) electrons. The van der Waals surface area contributed by atoms with Crippen LogP contribution < -0.4 is 15.4 Å². The first-order valence-corrected chi connectivity index (χ1v) is 10.2. The Hall–Kier alpha value is -1.83. The van der Waals surface area contributed by atoms with Crippen molar-refractivity contribution in [1.82, 2.24) is 0 Å². The van der Waals surface area contributed by atoms with Crippen molar-refractivity contribution in [2.45, 2.75) is 26.2 Å². The molecule has 2 N–H and O–H groups in total. The third-order valence-corrected chi connectivity index (χ3v) is 6.15. The number of methoxy groups -OCH3 is 2. The molecule has 0 saturated carbocycles. The molecule has 2 aromatic rings. The number of halogens is 1. The van der Waals surface area contributed by atoms with E-state index in [4.69, 9.17) is 33.3 Å². The first-order chi connectivity index (χ1) is 12.9. The highest BCUT2D eigenvalue weighted by atomic mass is 35.5. The number of nitrogens with one attached hydrogen (secondary N) is 2. The van der Waals surface area contributed by atoms with Gasteiger partial charge < -0.3 is 20.1 Å². The summed E-state index contributed by atoms with van der Waals surface area (Å²) in [6.07, 6.45) is 2.91. The molecule has 0 saturated heterocycles. The van der Waals surface area contributed by atoms with Crippen molar-refractivity contribution in [3.8, 4) is 5.75 Å². The Kier molecular flexibility index (Phi) is 6.24. The van der Waals surface area contributed by atoms with E-state index in [1.165, 1.54) is 12.0 Å². The van der Waals surface area contributed by atoms with Crippen LogP contribution in [0.3, 0.4) is 0 Å². The SMILES string of the molecule is COC(=O)c1c(NC(=S)Nc2cc(Cl)ccc2OC)sc2c1CCC(C)C2. The predicted octanol–water partition coefficient (Wildman–Crippen LogP) is 5.13. The summed E-state index contributed by atoms with van der Waals surface area (Å²) in [6, 6.07) is 5.24. The monoisotopic (exact) mass is 424 g/mol. The number of anilines is 2. The fourth-order valence-corrected chi connectivity index (χ4v) is 5.04. The molecule has 0 amide bonds. The number of carbonyl (C=O) groups excluding carboxylic acids is 1. The number of hydrogen-bond donors (Lipinski definition) is 2. The number of thiophene rings is 1. The summed E-state index contributed by atoms with van der Waals surface area (Å²) in [6.45, 7) is 2.23. The maximum absolute atomic E-state index is 12.4. The lowest BCUT2D eigenvalue weighted by molar-refractivity contribution is 0.0601. The van der Waals surface area contributed by atoms with Gasteiger partial charge in [-0.05, 0) is 61.2 Å². The lowest BCUT2D eigenvalue weighted by atomic mass is 9.88. The van der Waals surface area contributed by atoms with Crippen molar-refractivity contribution in [2.75, 3.05) is 24.9 Å². The zero-order valence-corrected chi connectivity index (χ0v) is 17.7. The topological polar surface area (TPSA) is 59.6 Å². The van der Waals surface area contributed by atoms with Crippen molar-refractivity contribution in [1.29, 1.82) is 0 Å². The van der Waals surface area contributed by atoms with Gasteiger partial charge in [0.2, 0.25) is 0 Å². The molecule has 1 aliphatic carbocycles. The van der Waals surface area contributed by atoms with E-state index in [0.717, 1.165) is 24.8 Å². The van der Waals surface area contributed by atoms with Gasteiger partial charge in [-0.25, -0.2) is 4.79 Å². The molecular weight excluding hydrogens is 404 g/mol. The quantitative estimate of drug-likeness (QED) is 0.524. The molecule has 3 rings (SSSR count). The van der Waals surface area contributed by atoms with E-state index in [-0.39, 0.29) is 5.97 Å². The molecule has 8 heteroatoms. The number of rotatable bonds is 4.